The van der Waals surface area contributed by atoms with Crippen LogP contribution in [0.5, 0.6) is 0 Å². The minimum absolute atomic E-state index is 0.250. The molecule has 2 fully saturated rings. The Balaban J connectivity index is 1.81. The van der Waals surface area contributed by atoms with Crippen LogP contribution >= 0.6 is 0 Å². The topological polar surface area (TPSA) is 63.4 Å². The van der Waals surface area contributed by atoms with Crippen molar-refractivity contribution in [2.24, 2.45) is 23.5 Å². The summed E-state index contributed by atoms with van der Waals surface area (Å²) in [6.45, 7) is 1.58. The van der Waals surface area contributed by atoms with Crippen molar-refractivity contribution in [3.63, 3.8) is 0 Å². The van der Waals surface area contributed by atoms with Gasteiger partial charge in [0.2, 0.25) is 0 Å². The van der Waals surface area contributed by atoms with Gasteiger partial charge in [0.15, 0.2) is 0 Å². The Morgan fingerprint density at radius 1 is 1.29 bits per heavy atom. The van der Waals surface area contributed by atoms with E-state index in [9.17, 15) is 8.42 Å². The second-order valence-corrected chi connectivity index (χ2v) is 8.23. The minimum atomic E-state index is -2.85. The first-order valence-electron chi connectivity index (χ1n) is 6.48. The molecular formula is C12H24N2O2S. The average molecular weight is 260 g/mol. The van der Waals surface area contributed by atoms with Crippen LogP contribution in [0.1, 0.15) is 19.3 Å². The number of nitrogens with two attached hydrogens (primary N) is 1. The molecule has 0 spiro atoms. The summed E-state index contributed by atoms with van der Waals surface area (Å²) in [6, 6.07) is 0.342. The third kappa shape index (κ3) is 3.20. The van der Waals surface area contributed by atoms with E-state index >= 15 is 0 Å². The van der Waals surface area contributed by atoms with Gasteiger partial charge in [0.25, 0.3) is 0 Å². The van der Waals surface area contributed by atoms with Crippen LogP contribution in [-0.2, 0) is 9.84 Å². The summed E-state index contributed by atoms with van der Waals surface area (Å²) in [6.07, 6.45) is 5.22. The molecule has 2 aliphatic rings. The quantitative estimate of drug-likeness (QED) is 0.774. The summed E-state index contributed by atoms with van der Waals surface area (Å²) in [7, 11) is -0.846. The molecule has 0 aliphatic heterocycles. The van der Waals surface area contributed by atoms with Gasteiger partial charge in [0, 0.05) is 25.4 Å². The molecule has 0 aromatic rings. The molecule has 0 radical (unpaired) electrons. The lowest BCUT2D eigenvalue weighted by molar-refractivity contribution is 0.205. The van der Waals surface area contributed by atoms with Crippen LogP contribution in [-0.4, -0.2) is 51.5 Å². The van der Waals surface area contributed by atoms with Crippen molar-refractivity contribution in [2.45, 2.75) is 25.3 Å². The summed E-state index contributed by atoms with van der Waals surface area (Å²) in [5.41, 5.74) is 6.25. The average Bonchev–Trinajstić information content (AvgIpc) is 2.78. The van der Waals surface area contributed by atoms with E-state index in [1.807, 2.05) is 7.05 Å². The third-order valence-electron chi connectivity index (χ3n) is 4.52. The smallest absolute Gasteiger partial charge is 0.148 e. The predicted molar refractivity (Wildman–Crippen MR) is 69.5 cm³/mol. The second-order valence-electron chi connectivity index (χ2n) is 5.97. The van der Waals surface area contributed by atoms with Crippen LogP contribution in [0.4, 0.5) is 0 Å². The molecule has 4 unspecified atom stereocenters. The molecule has 0 saturated heterocycles. The molecule has 0 amide bonds. The number of sulfone groups is 1. The van der Waals surface area contributed by atoms with Gasteiger partial charge < -0.3 is 10.6 Å². The van der Waals surface area contributed by atoms with Gasteiger partial charge >= 0.3 is 0 Å². The predicted octanol–water partition coefficient (Wildman–Crippen LogP) is 0.336. The summed E-state index contributed by atoms with van der Waals surface area (Å²) < 4.78 is 22.2. The molecule has 0 aromatic heterocycles. The highest BCUT2D eigenvalue weighted by atomic mass is 32.2. The minimum Gasteiger partial charge on any atom is -0.327 e. The highest BCUT2D eigenvalue weighted by molar-refractivity contribution is 7.90. The summed E-state index contributed by atoms with van der Waals surface area (Å²) in [4.78, 5) is 2.13. The van der Waals surface area contributed by atoms with Crippen molar-refractivity contribution in [3.8, 4) is 0 Å². The van der Waals surface area contributed by atoms with Crippen molar-refractivity contribution in [3.05, 3.63) is 0 Å². The standard InChI is InChI=1S/C12H24N2O2S/c1-14(5-6-17(2,15)16)8-11-9-3-4-10(7-9)12(11)13/h9-12H,3-8,13H2,1-2H3. The first-order valence-corrected chi connectivity index (χ1v) is 8.55. The molecule has 5 heteroatoms. The Morgan fingerprint density at radius 3 is 2.47 bits per heavy atom. The first kappa shape index (κ1) is 13.3. The summed E-state index contributed by atoms with van der Waals surface area (Å²) >= 11 is 0. The number of nitrogens with zero attached hydrogens (tertiary/aromatic N) is 1. The maximum absolute atomic E-state index is 11.1. The number of rotatable bonds is 5. The monoisotopic (exact) mass is 260 g/mol. The third-order valence-corrected chi connectivity index (χ3v) is 5.45. The van der Waals surface area contributed by atoms with Crippen LogP contribution in [0, 0.1) is 17.8 Å². The van der Waals surface area contributed by atoms with Gasteiger partial charge in [-0.25, -0.2) is 8.42 Å². The molecular weight excluding hydrogens is 236 g/mol. The molecule has 17 heavy (non-hydrogen) atoms. The maximum atomic E-state index is 11.1. The van der Waals surface area contributed by atoms with Crippen molar-refractivity contribution in [1.82, 2.24) is 4.90 Å². The number of hydrogen-bond acceptors (Lipinski definition) is 4. The van der Waals surface area contributed by atoms with E-state index in [1.165, 1.54) is 25.5 Å². The molecule has 2 rings (SSSR count). The van der Waals surface area contributed by atoms with Gasteiger partial charge in [-0.3, -0.25) is 0 Å². The van der Waals surface area contributed by atoms with E-state index in [-0.39, 0.29) is 5.75 Å². The van der Waals surface area contributed by atoms with Gasteiger partial charge in [0.05, 0.1) is 5.75 Å². The zero-order valence-electron chi connectivity index (χ0n) is 10.8. The van der Waals surface area contributed by atoms with E-state index in [1.54, 1.807) is 0 Å². The lowest BCUT2D eigenvalue weighted by Gasteiger charge is -2.31. The summed E-state index contributed by atoms with van der Waals surface area (Å²) in [5, 5.41) is 0. The largest absolute Gasteiger partial charge is 0.327 e. The molecule has 100 valence electrons. The SMILES string of the molecule is CN(CCS(C)(=O)=O)CC1C2CCC(C2)C1N. The van der Waals surface area contributed by atoms with Gasteiger partial charge in [-0.15, -0.1) is 0 Å². The Kier molecular flexibility index (Phi) is 3.80. The van der Waals surface area contributed by atoms with Crippen LogP contribution in [0.25, 0.3) is 0 Å². The van der Waals surface area contributed by atoms with Crippen molar-refractivity contribution in [1.29, 1.82) is 0 Å². The zero-order chi connectivity index (χ0) is 12.6. The van der Waals surface area contributed by atoms with Gasteiger partial charge in [0.1, 0.15) is 9.84 Å². The molecule has 2 aliphatic carbocycles. The van der Waals surface area contributed by atoms with Crippen LogP contribution < -0.4 is 5.73 Å². The molecule has 2 saturated carbocycles. The van der Waals surface area contributed by atoms with E-state index < -0.39 is 9.84 Å². The van der Waals surface area contributed by atoms with Gasteiger partial charge in [-0.1, -0.05) is 0 Å². The fraction of sp³-hybridized carbons (Fsp3) is 1.00. The van der Waals surface area contributed by atoms with Crippen molar-refractivity contribution in [2.75, 3.05) is 32.1 Å². The van der Waals surface area contributed by atoms with E-state index in [2.05, 4.69) is 4.90 Å². The highest BCUT2D eigenvalue weighted by Gasteiger charge is 2.45. The molecule has 0 heterocycles. The first-order chi connectivity index (χ1) is 7.87. The Hall–Kier alpha value is -0.130. The van der Waals surface area contributed by atoms with E-state index in [4.69, 9.17) is 5.73 Å². The molecule has 2 bridgehead atoms. The van der Waals surface area contributed by atoms with Gasteiger partial charge in [-0.2, -0.15) is 0 Å². The van der Waals surface area contributed by atoms with E-state index in [0.717, 1.165) is 18.4 Å². The van der Waals surface area contributed by atoms with Crippen LogP contribution in [0.2, 0.25) is 0 Å². The molecule has 0 aromatic carbocycles. The van der Waals surface area contributed by atoms with Crippen LogP contribution in [0.15, 0.2) is 0 Å². The fourth-order valence-corrected chi connectivity index (χ4v) is 4.14. The number of hydrogen-bond donors (Lipinski definition) is 1. The molecule has 2 N–H and O–H groups in total. The number of fused-ring (bicyclic) bond motifs is 2. The molecule has 4 atom stereocenters. The van der Waals surface area contributed by atoms with Crippen molar-refractivity contribution < 1.29 is 8.42 Å². The Morgan fingerprint density at radius 2 is 1.94 bits per heavy atom. The summed E-state index contributed by atoms with van der Waals surface area (Å²) in [5.74, 6) is 2.35. The lowest BCUT2D eigenvalue weighted by Crippen LogP contribution is -2.42. The van der Waals surface area contributed by atoms with Crippen LogP contribution in [0.3, 0.4) is 0 Å². The van der Waals surface area contributed by atoms with Crippen molar-refractivity contribution >= 4 is 9.84 Å². The second kappa shape index (κ2) is 4.86. The van der Waals surface area contributed by atoms with E-state index in [0.29, 0.717) is 18.5 Å². The Labute approximate surface area is 104 Å². The molecule has 4 nitrogen and oxygen atoms in total. The zero-order valence-corrected chi connectivity index (χ0v) is 11.6. The van der Waals surface area contributed by atoms with Gasteiger partial charge in [-0.05, 0) is 44.1 Å². The highest BCUT2D eigenvalue weighted by Crippen LogP contribution is 2.47. The normalized spacial score (nSPS) is 36.9. The Bertz CT molecular complexity index is 367. The maximum Gasteiger partial charge on any atom is 0.148 e. The lowest BCUT2D eigenvalue weighted by atomic mass is 9.84. The fourth-order valence-electron chi connectivity index (χ4n) is 3.50.